The van der Waals surface area contributed by atoms with Crippen molar-refractivity contribution >= 4 is 22.6 Å². The molecule has 0 radical (unpaired) electrons. The van der Waals surface area contributed by atoms with Gasteiger partial charge in [0.1, 0.15) is 17.0 Å². The summed E-state index contributed by atoms with van der Waals surface area (Å²) in [7, 11) is 0. The van der Waals surface area contributed by atoms with Gasteiger partial charge in [-0.25, -0.2) is 4.39 Å². The maximum atomic E-state index is 12.9. The highest BCUT2D eigenvalue weighted by Crippen LogP contribution is 2.20. The molecule has 1 amide bonds. The van der Waals surface area contributed by atoms with Crippen molar-refractivity contribution in [1.29, 1.82) is 5.41 Å². The topological polar surface area (TPSA) is 109 Å². The van der Waals surface area contributed by atoms with Crippen molar-refractivity contribution in [3.05, 3.63) is 81.1 Å². The number of benzene rings is 2. The van der Waals surface area contributed by atoms with Gasteiger partial charge in [-0.05, 0) is 29.8 Å². The summed E-state index contributed by atoms with van der Waals surface area (Å²) in [5, 5.41) is 21.6. The number of nitro benzene ring substituents is 1. The largest absolute Gasteiger partial charge is 0.438 e. The van der Waals surface area contributed by atoms with Crippen LogP contribution in [0.3, 0.4) is 0 Å². The van der Waals surface area contributed by atoms with E-state index in [2.05, 4.69) is 5.32 Å². The van der Waals surface area contributed by atoms with E-state index in [1.54, 1.807) is 0 Å². The van der Waals surface area contributed by atoms with E-state index in [9.17, 15) is 19.3 Å². The minimum absolute atomic E-state index is 0.0462. The normalized spacial score (nSPS) is 10.6. The zero-order valence-electron chi connectivity index (χ0n) is 12.8. The fourth-order valence-electron chi connectivity index (χ4n) is 2.29. The Morgan fingerprint density at radius 2 is 1.92 bits per heavy atom. The lowest BCUT2D eigenvalue weighted by molar-refractivity contribution is -0.384. The number of nitrogens with one attached hydrogen (secondary N) is 2. The van der Waals surface area contributed by atoms with Crippen molar-refractivity contribution in [3.8, 4) is 0 Å². The summed E-state index contributed by atoms with van der Waals surface area (Å²) in [4.78, 5) is 22.6. The molecule has 3 rings (SSSR count). The van der Waals surface area contributed by atoms with Crippen molar-refractivity contribution in [1.82, 2.24) is 5.32 Å². The molecule has 0 saturated carbocycles. The van der Waals surface area contributed by atoms with Crippen molar-refractivity contribution < 1.29 is 18.5 Å². The van der Waals surface area contributed by atoms with Gasteiger partial charge >= 0.3 is 0 Å². The average molecular weight is 341 g/mol. The number of carbonyl (C=O) groups is 1. The summed E-state index contributed by atoms with van der Waals surface area (Å²) in [6.45, 7) is 0.144. The molecule has 0 unspecified atom stereocenters. The third-order valence-corrected chi connectivity index (χ3v) is 3.57. The number of non-ortho nitro benzene ring substituents is 1. The number of nitro groups is 1. The lowest BCUT2D eigenvalue weighted by Crippen LogP contribution is -2.27. The van der Waals surface area contributed by atoms with Crippen LogP contribution < -0.4 is 10.9 Å². The molecule has 0 spiro atoms. The number of halogens is 1. The zero-order valence-corrected chi connectivity index (χ0v) is 12.8. The fraction of sp³-hybridized carbons (Fsp3) is 0.0588. The molecule has 7 nitrogen and oxygen atoms in total. The lowest BCUT2D eigenvalue weighted by Gasteiger charge is -2.06. The Bertz CT molecular complexity index is 1030. The van der Waals surface area contributed by atoms with Gasteiger partial charge in [-0.1, -0.05) is 12.1 Å². The van der Waals surface area contributed by atoms with Crippen LogP contribution in [0.15, 0.2) is 52.9 Å². The van der Waals surface area contributed by atoms with Crippen LogP contribution in [0.2, 0.25) is 0 Å². The Labute approximate surface area is 140 Å². The molecule has 0 bridgehead atoms. The van der Waals surface area contributed by atoms with E-state index >= 15 is 0 Å². The van der Waals surface area contributed by atoms with Crippen LogP contribution in [-0.2, 0) is 6.54 Å². The van der Waals surface area contributed by atoms with Crippen LogP contribution in [-0.4, -0.2) is 10.8 Å². The molecule has 2 aromatic carbocycles. The summed E-state index contributed by atoms with van der Waals surface area (Å²) in [5.74, 6) is -0.940. The van der Waals surface area contributed by atoms with Gasteiger partial charge in [0.05, 0.1) is 4.92 Å². The third-order valence-electron chi connectivity index (χ3n) is 3.57. The zero-order chi connectivity index (χ0) is 18.0. The Hall–Kier alpha value is -3.55. The summed E-state index contributed by atoms with van der Waals surface area (Å²) < 4.78 is 18.1. The maximum Gasteiger partial charge on any atom is 0.270 e. The van der Waals surface area contributed by atoms with Gasteiger partial charge in [0.25, 0.3) is 11.6 Å². The van der Waals surface area contributed by atoms with E-state index < -0.39 is 10.8 Å². The first-order valence-corrected chi connectivity index (χ1v) is 7.23. The van der Waals surface area contributed by atoms with E-state index in [0.29, 0.717) is 10.9 Å². The molecule has 1 aromatic heterocycles. The summed E-state index contributed by atoms with van der Waals surface area (Å²) >= 11 is 0. The average Bonchev–Trinajstić information content (AvgIpc) is 2.60. The smallest absolute Gasteiger partial charge is 0.270 e. The predicted octanol–water partition coefficient (Wildman–Crippen LogP) is 2.89. The first-order valence-electron chi connectivity index (χ1n) is 7.23. The Balaban J connectivity index is 1.87. The predicted molar refractivity (Wildman–Crippen MR) is 86.3 cm³/mol. The maximum absolute atomic E-state index is 12.9. The minimum Gasteiger partial charge on any atom is -0.438 e. The van der Waals surface area contributed by atoms with Crippen molar-refractivity contribution in [3.63, 3.8) is 0 Å². The summed E-state index contributed by atoms with van der Waals surface area (Å²) in [5.41, 5.74) is 0.423. The van der Waals surface area contributed by atoms with E-state index in [4.69, 9.17) is 9.83 Å². The number of fused-ring (bicyclic) bond motifs is 1. The Morgan fingerprint density at radius 1 is 1.20 bits per heavy atom. The summed E-state index contributed by atoms with van der Waals surface area (Å²) in [6.07, 6.45) is 0. The van der Waals surface area contributed by atoms with Gasteiger partial charge in [0.15, 0.2) is 0 Å². The summed E-state index contributed by atoms with van der Waals surface area (Å²) in [6, 6.07) is 10.9. The quantitative estimate of drug-likeness (QED) is 0.561. The molecule has 126 valence electrons. The molecule has 1 heterocycles. The van der Waals surface area contributed by atoms with Gasteiger partial charge in [0.2, 0.25) is 5.55 Å². The number of amides is 1. The van der Waals surface area contributed by atoms with Gasteiger partial charge < -0.3 is 9.73 Å². The number of nitrogens with zero attached hydrogens (tertiary/aromatic N) is 1. The lowest BCUT2D eigenvalue weighted by atomic mass is 10.1. The SMILES string of the molecule is N=c1oc2ccc([N+](=O)[O-])cc2cc1C(=O)NCc1ccc(F)cc1. The van der Waals surface area contributed by atoms with Crippen LogP contribution in [0.25, 0.3) is 11.0 Å². The second-order valence-electron chi connectivity index (χ2n) is 5.28. The highest BCUT2D eigenvalue weighted by Gasteiger charge is 2.14. The molecule has 8 heteroatoms. The third kappa shape index (κ3) is 3.52. The molecule has 0 aliphatic rings. The molecule has 0 aliphatic carbocycles. The molecule has 0 atom stereocenters. The Kier molecular flexibility index (Phi) is 4.25. The second kappa shape index (κ2) is 6.52. The van der Waals surface area contributed by atoms with E-state index in [-0.39, 0.29) is 34.7 Å². The number of carbonyl (C=O) groups excluding carboxylic acids is 1. The highest BCUT2D eigenvalue weighted by atomic mass is 19.1. The molecule has 0 aliphatic heterocycles. The second-order valence-corrected chi connectivity index (χ2v) is 5.28. The van der Waals surface area contributed by atoms with Crippen LogP contribution in [0.4, 0.5) is 10.1 Å². The van der Waals surface area contributed by atoms with Crippen LogP contribution in [0.5, 0.6) is 0 Å². The highest BCUT2D eigenvalue weighted by molar-refractivity contribution is 5.96. The first kappa shape index (κ1) is 16.3. The van der Waals surface area contributed by atoms with Crippen LogP contribution in [0.1, 0.15) is 15.9 Å². The number of hydrogen-bond donors (Lipinski definition) is 2. The van der Waals surface area contributed by atoms with Gasteiger partial charge in [0, 0.05) is 24.1 Å². The van der Waals surface area contributed by atoms with E-state index in [0.717, 1.165) is 0 Å². The van der Waals surface area contributed by atoms with Crippen molar-refractivity contribution in [2.24, 2.45) is 0 Å². The van der Waals surface area contributed by atoms with Crippen molar-refractivity contribution in [2.45, 2.75) is 6.54 Å². The van der Waals surface area contributed by atoms with Crippen LogP contribution >= 0.6 is 0 Å². The van der Waals surface area contributed by atoms with E-state index in [1.165, 1.54) is 48.5 Å². The van der Waals surface area contributed by atoms with Gasteiger partial charge in [-0.2, -0.15) is 0 Å². The fourth-order valence-corrected chi connectivity index (χ4v) is 2.29. The monoisotopic (exact) mass is 341 g/mol. The molecule has 0 fully saturated rings. The molecular formula is C17H12FN3O4. The molecule has 2 N–H and O–H groups in total. The standard InChI is InChI=1S/C17H12FN3O4/c18-12-3-1-10(2-4-12)9-20-17(22)14-8-11-7-13(21(23)24)5-6-15(11)25-16(14)19/h1-8,19H,9H2,(H,20,22). The number of hydrogen-bond acceptors (Lipinski definition) is 5. The molecule has 25 heavy (non-hydrogen) atoms. The first-order chi connectivity index (χ1) is 11.9. The van der Waals surface area contributed by atoms with Crippen molar-refractivity contribution in [2.75, 3.05) is 0 Å². The van der Waals surface area contributed by atoms with E-state index in [1.807, 2.05) is 0 Å². The van der Waals surface area contributed by atoms with Gasteiger partial charge in [-0.3, -0.25) is 20.3 Å². The van der Waals surface area contributed by atoms with Gasteiger partial charge in [-0.15, -0.1) is 0 Å². The minimum atomic E-state index is -0.563. The Morgan fingerprint density at radius 3 is 2.60 bits per heavy atom. The molecule has 0 saturated heterocycles. The van der Waals surface area contributed by atoms with Crippen LogP contribution in [0, 0.1) is 21.3 Å². The molecular weight excluding hydrogens is 329 g/mol. The molecule has 3 aromatic rings. The number of rotatable bonds is 4.